The van der Waals surface area contributed by atoms with E-state index in [0.717, 1.165) is 24.0 Å². The highest BCUT2D eigenvalue weighted by molar-refractivity contribution is 5.93. The summed E-state index contributed by atoms with van der Waals surface area (Å²) in [5.41, 5.74) is 3.47. The smallest absolute Gasteiger partial charge is 0.274 e. The number of nitrogens with zero attached hydrogens (tertiary/aromatic N) is 5. The maximum Gasteiger partial charge on any atom is 0.274 e. The molecule has 0 spiro atoms. The third-order valence-electron chi connectivity index (χ3n) is 7.61. The monoisotopic (exact) mass is 491 g/mol. The van der Waals surface area contributed by atoms with E-state index in [-0.39, 0.29) is 29.6 Å². The lowest BCUT2D eigenvalue weighted by molar-refractivity contribution is -0.136. The number of benzene rings is 1. The predicted molar refractivity (Wildman–Crippen MR) is 136 cm³/mol. The molecule has 5 rings (SSSR count). The van der Waals surface area contributed by atoms with Crippen LogP contribution in [-0.4, -0.2) is 61.9 Å². The summed E-state index contributed by atoms with van der Waals surface area (Å²) in [6.45, 7) is 7.71. The van der Waals surface area contributed by atoms with Crippen LogP contribution in [0.4, 0.5) is 4.39 Å². The number of hydrogen-bond donors (Lipinski definition) is 0. The molecule has 1 aliphatic carbocycles. The predicted octanol–water partition coefficient (Wildman–Crippen LogP) is 4.91. The van der Waals surface area contributed by atoms with Crippen LogP contribution in [0.5, 0.6) is 0 Å². The van der Waals surface area contributed by atoms with Crippen LogP contribution >= 0.6 is 0 Å². The summed E-state index contributed by atoms with van der Waals surface area (Å²) >= 11 is 0. The van der Waals surface area contributed by atoms with E-state index >= 15 is 0 Å². The number of piperazine rings is 1. The van der Waals surface area contributed by atoms with Gasteiger partial charge in [0.1, 0.15) is 11.5 Å². The number of aromatic nitrogens is 3. The number of carbonyl (C=O) groups excluding carboxylic acids is 2. The first-order valence-electron chi connectivity index (χ1n) is 13.0. The van der Waals surface area contributed by atoms with Gasteiger partial charge in [0.2, 0.25) is 5.91 Å². The number of amides is 2. The lowest BCUT2D eigenvalue weighted by Crippen LogP contribution is -2.55. The molecule has 2 fully saturated rings. The van der Waals surface area contributed by atoms with Crippen LogP contribution in [0.15, 0.2) is 36.5 Å². The van der Waals surface area contributed by atoms with Gasteiger partial charge in [0.05, 0.1) is 11.9 Å². The fourth-order valence-electron chi connectivity index (χ4n) is 5.54. The van der Waals surface area contributed by atoms with E-state index in [2.05, 4.69) is 23.9 Å². The summed E-state index contributed by atoms with van der Waals surface area (Å²) in [6, 6.07) is 8.17. The molecule has 0 bridgehead atoms. The van der Waals surface area contributed by atoms with Crippen LogP contribution < -0.4 is 0 Å². The first-order valence-corrected chi connectivity index (χ1v) is 13.0. The Balaban J connectivity index is 1.35. The molecule has 1 aromatic carbocycles. The third kappa shape index (κ3) is 4.86. The number of carbonyl (C=O) groups is 2. The van der Waals surface area contributed by atoms with Crippen LogP contribution in [0.25, 0.3) is 16.9 Å². The molecule has 2 aromatic heterocycles. The maximum absolute atomic E-state index is 13.4. The van der Waals surface area contributed by atoms with Crippen molar-refractivity contribution in [2.24, 2.45) is 5.92 Å². The Morgan fingerprint density at radius 1 is 1.11 bits per heavy atom. The van der Waals surface area contributed by atoms with Gasteiger partial charge in [-0.15, -0.1) is 0 Å². The first kappa shape index (κ1) is 24.4. The normalized spacial score (nSPS) is 19.0. The fraction of sp³-hybridized carbons (Fsp3) is 0.500. The highest BCUT2D eigenvalue weighted by Gasteiger charge is 2.32. The number of imidazole rings is 1. The average Bonchev–Trinajstić information content (AvgIpc) is 3.53. The molecule has 8 heteroatoms. The summed E-state index contributed by atoms with van der Waals surface area (Å²) < 4.78 is 15.1. The minimum Gasteiger partial charge on any atom is -0.336 e. The minimum atomic E-state index is -0.297. The number of halogens is 1. The third-order valence-corrected chi connectivity index (χ3v) is 7.61. The van der Waals surface area contributed by atoms with Crippen LogP contribution in [0, 0.1) is 11.7 Å². The molecular weight excluding hydrogens is 457 g/mol. The Morgan fingerprint density at radius 3 is 2.50 bits per heavy atom. The highest BCUT2D eigenvalue weighted by Crippen LogP contribution is 2.29. The zero-order valence-corrected chi connectivity index (χ0v) is 21.3. The van der Waals surface area contributed by atoms with Crippen molar-refractivity contribution in [3.63, 3.8) is 0 Å². The molecule has 1 unspecified atom stereocenters. The van der Waals surface area contributed by atoms with Gasteiger partial charge < -0.3 is 9.80 Å². The molecule has 7 nitrogen and oxygen atoms in total. The average molecular weight is 492 g/mol. The molecule has 2 amide bonds. The summed E-state index contributed by atoms with van der Waals surface area (Å²) in [5, 5.41) is 4.67. The van der Waals surface area contributed by atoms with Crippen molar-refractivity contribution in [3.05, 3.63) is 53.6 Å². The van der Waals surface area contributed by atoms with Crippen LogP contribution in [0.2, 0.25) is 0 Å². The van der Waals surface area contributed by atoms with Gasteiger partial charge in [-0.25, -0.2) is 13.9 Å². The van der Waals surface area contributed by atoms with Crippen molar-refractivity contribution in [1.29, 1.82) is 0 Å². The Morgan fingerprint density at radius 2 is 1.83 bits per heavy atom. The summed E-state index contributed by atoms with van der Waals surface area (Å²) in [7, 11) is 0. The molecule has 0 radical (unpaired) electrons. The second-order valence-electron chi connectivity index (χ2n) is 10.6. The SMILES string of the molecule is CC(C)c1cc(-c2ccc(F)cc2)nn2cc(C(=O)N3CCN(C(=O)CC4CCCC4)C(C)C3)nc12. The van der Waals surface area contributed by atoms with Crippen molar-refractivity contribution in [1.82, 2.24) is 24.4 Å². The summed E-state index contributed by atoms with van der Waals surface area (Å²) in [5.74, 6) is 0.454. The molecular formula is C28H34FN5O2. The Hall–Kier alpha value is -3.29. The molecule has 3 heterocycles. The van der Waals surface area contributed by atoms with Gasteiger partial charge in [0.15, 0.2) is 5.65 Å². The van der Waals surface area contributed by atoms with Crippen LogP contribution in [-0.2, 0) is 4.79 Å². The minimum absolute atomic E-state index is 0.0249. The number of rotatable bonds is 5. The topological polar surface area (TPSA) is 70.8 Å². The van der Waals surface area contributed by atoms with Gasteiger partial charge >= 0.3 is 0 Å². The van der Waals surface area contributed by atoms with Gasteiger partial charge in [-0.1, -0.05) is 26.7 Å². The van der Waals surface area contributed by atoms with Gasteiger partial charge in [-0.2, -0.15) is 5.10 Å². The zero-order chi connectivity index (χ0) is 25.4. The van der Waals surface area contributed by atoms with Crippen molar-refractivity contribution >= 4 is 17.5 Å². The van der Waals surface area contributed by atoms with Crippen LogP contribution in [0.3, 0.4) is 0 Å². The van der Waals surface area contributed by atoms with Gasteiger partial charge in [0.25, 0.3) is 5.91 Å². The van der Waals surface area contributed by atoms with E-state index in [4.69, 9.17) is 0 Å². The second kappa shape index (κ2) is 9.99. The van der Waals surface area contributed by atoms with E-state index in [1.54, 1.807) is 27.7 Å². The van der Waals surface area contributed by atoms with E-state index < -0.39 is 0 Å². The number of fused-ring (bicyclic) bond motifs is 1. The fourth-order valence-corrected chi connectivity index (χ4v) is 5.54. The standard InChI is InChI=1S/C28H34FN5O2/c1-18(2)23-15-24(21-8-10-22(29)11-9-21)31-34-17-25(30-27(23)34)28(36)32-12-13-33(19(3)16-32)26(35)14-20-6-4-5-7-20/h8-11,15,17-20H,4-7,12-14,16H2,1-3H3. The first-order chi connectivity index (χ1) is 17.3. The van der Waals surface area contributed by atoms with E-state index in [0.29, 0.717) is 49.0 Å². The van der Waals surface area contributed by atoms with Crippen LogP contribution in [0.1, 0.15) is 74.8 Å². The summed E-state index contributed by atoms with van der Waals surface area (Å²) in [4.78, 5) is 34.7. The van der Waals surface area contributed by atoms with Crippen molar-refractivity contribution < 1.29 is 14.0 Å². The van der Waals surface area contributed by atoms with Crippen molar-refractivity contribution in [2.45, 2.75) is 64.8 Å². The Kier molecular flexibility index (Phi) is 6.77. The largest absolute Gasteiger partial charge is 0.336 e. The van der Waals surface area contributed by atoms with Gasteiger partial charge in [-0.05, 0) is 61.9 Å². The zero-order valence-electron chi connectivity index (χ0n) is 21.3. The molecule has 1 saturated heterocycles. The van der Waals surface area contributed by atoms with Crippen molar-refractivity contribution in [3.8, 4) is 11.3 Å². The Bertz CT molecular complexity index is 1260. The van der Waals surface area contributed by atoms with E-state index in [1.807, 2.05) is 17.9 Å². The molecule has 36 heavy (non-hydrogen) atoms. The molecule has 3 aromatic rings. The molecule has 190 valence electrons. The van der Waals surface area contributed by atoms with Gasteiger partial charge in [0, 0.05) is 43.2 Å². The Labute approximate surface area is 211 Å². The molecule has 2 aliphatic rings. The lowest BCUT2D eigenvalue weighted by Gasteiger charge is -2.40. The second-order valence-corrected chi connectivity index (χ2v) is 10.6. The molecule has 0 N–H and O–H groups in total. The molecule has 1 saturated carbocycles. The van der Waals surface area contributed by atoms with Crippen molar-refractivity contribution in [2.75, 3.05) is 19.6 Å². The summed E-state index contributed by atoms with van der Waals surface area (Å²) in [6.07, 6.45) is 7.08. The molecule has 1 atom stereocenters. The maximum atomic E-state index is 13.4. The number of hydrogen-bond acceptors (Lipinski definition) is 4. The van der Waals surface area contributed by atoms with Gasteiger partial charge in [-0.3, -0.25) is 9.59 Å². The van der Waals surface area contributed by atoms with E-state index in [9.17, 15) is 14.0 Å². The highest BCUT2D eigenvalue weighted by atomic mass is 19.1. The quantitative estimate of drug-likeness (QED) is 0.508. The van der Waals surface area contributed by atoms with E-state index in [1.165, 1.54) is 25.0 Å². The lowest BCUT2D eigenvalue weighted by atomic mass is 10.0. The molecule has 1 aliphatic heterocycles.